The second-order valence-electron chi connectivity index (χ2n) is 3.28. The molecule has 3 heteroatoms. The summed E-state index contributed by atoms with van der Waals surface area (Å²) >= 11 is 0. The first kappa shape index (κ1) is 8.26. The van der Waals surface area contributed by atoms with Gasteiger partial charge in [-0.3, -0.25) is 4.79 Å². The Kier molecular flexibility index (Phi) is 2.02. The molecular formula is C10H12N2O. The van der Waals surface area contributed by atoms with Crippen LogP contribution in [0.25, 0.3) is 0 Å². The summed E-state index contributed by atoms with van der Waals surface area (Å²) in [6.07, 6.45) is 0. The molecule has 1 aromatic carbocycles. The first-order valence-electron chi connectivity index (χ1n) is 4.37. The van der Waals surface area contributed by atoms with Crippen LogP contribution in [0.2, 0.25) is 0 Å². The summed E-state index contributed by atoms with van der Waals surface area (Å²) in [6.45, 7) is 1.49. The molecule has 68 valence electrons. The third kappa shape index (κ3) is 1.42. The molecule has 1 aliphatic rings. The van der Waals surface area contributed by atoms with E-state index < -0.39 is 0 Å². The summed E-state index contributed by atoms with van der Waals surface area (Å²) in [5.41, 5.74) is 7.56. The van der Waals surface area contributed by atoms with E-state index in [-0.39, 0.29) is 11.8 Å². The molecule has 1 aromatic rings. The van der Waals surface area contributed by atoms with Gasteiger partial charge in [-0.1, -0.05) is 24.3 Å². The summed E-state index contributed by atoms with van der Waals surface area (Å²) in [5.74, 6) is -0.412. The Balaban J connectivity index is 2.42. The third-order valence-corrected chi connectivity index (χ3v) is 2.44. The van der Waals surface area contributed by atoms with Crippen molar-refractivity contribution >= 4 is 5.91 Å². The fourth-order valence-corrected chi connectivity index (χ4v) is 1.75. The monoisotopic (exact) mass is 176 g/mol. The van der Waals surface area contributed by atoms with Gasteiger partial charge in [-0.15, -0.1) is 0 Å². The quantitative estimate of drug-likeness (QED) is 0.649. The summed E-state index contributed by atoms with van der Waals surface area (Å²) in [4.78, 5) is 11.1. The molecule has 3 nitrogen and oxygen atoms in total. The minimum Gasteiger partial charge on any atom is -0.369 e. The smallest absolute Gasteiger partial charge is 0.226 e. The molecule has 1 atom stereocenters. The lowest BCUT2D eigenvalue weighted by Gasteiger charge is -2.23. The third-order valence-electron chi connectivity index (χ3n) is 2.44. The average Bonchev–Trinajstić information content (AvgIpc) is 2.17. The van der Waals surface area contributed by atoms with Crippen LogP contribution in [0.15, 0.2) is 24.3 Å². The lowest BCUT2D eigenvalue weighted by Crippen LogP contribution is -2.35. The molecule has 1 amide bonds. The molecule has 13 heavy (non-hydrogen) atoms. The van der Waals surface area contributed by atoms with E-state index in [4.69, 9.17) is 5.73 Å². The number of carbonyl (C=O) groups excluding carboxylic acids is 1. The standard InChI is InChI=1S/C10H12N2O/c11-10(13)9-6-12-5-7-3-1-2-4-8(7)9/h1-4,9,12H,5-6H2,(H2,11,13). The number of rotatable bonds is 1. The topological polar surface area (TPSA) is 55.1 Å². The first-order valence-corrected chi connectivity index (χ1v) is 4.37. The highest BCUT2D eigenvalue weighted by Crippen LogP contribution is 2.22. The Morgan fingerprint density at radius 1 is 1.46 bits per heavy atom. The SMILES string of the molecule is NC(=O)C1CNCc2ccccc21. The van der Waals surface area contributed by atoms with Crippen molar-refractivity contribution in [2.45, 2.75) is 12.5 Å². The number of nitrogens with one attached hydrogen (secondary N) is 1. The van der Waals surface area contributed by atoms with Gasteiger partial charge in [-0.05, 0) is 11.1 Å². The van der Waals surface area contributed by atoms with Crippen molar-refractivity contribution in [1.82, 2.24) is 5.32 Å². The van der Waals surface area contributed by atoms with Crippen LogP contribution < -0.4 is 11.1 Å². The second-order valence-corrected chi connectivity index (χ2v) is 3.28. The van der Waals surface area contributed by atoms with E-state index in [1.54, 1.807) is 0 Å². The normalized spacial score (nSPS) is 20.8. The van der Waals surface area contributed by atoms with Crippen molar-refractivity contribution < 1.29 is 4.79 Å². The number of nitrogens with two attached hydrogens (primary N) is 1. The van der Waals surface area contributed by atoms with E-state index in [0.717, 1.165) is 12.1 Å². The lowest BCUT2D eigenvalue weighted by atomic mass is 9.90. The predicted molar refractivity (Wildman–Crippen MR) is 50.1 cm³/mol. The highest BCUT2D eigenvalue weighted by molar-refractivity contribution is 5.83. The van der Waals surface area contributed by atoms with Gasteiger partial charge in [0.1, 0.15) is 0 Å². The molecule has 2 rings (SSSR count). The Morgan fingerprint density at radius 3 is 3.00 bits per heavy atom. The molecule has 0 aromatic heterocycles. The van der Waals surface area contributed by atoms with Gasteiger partial charge < -0.3 is 11.1 Å². The van der Waals surface area contributed by atoms with Gasteiger partial charge in [0.2, 0.25) is 5.91 Å². The van der Waals surface area contributed by atoms with Crippen molar-refractivity contribution in [3.05, 3.63) is 35.4 Å². The van der Waals surface area contributed by atoms with Crippen LogP contribution in [0, 0.1) is 0 Å². The molecular weight excluding hydrogens is 164 g/mol. The van der Waals surface area contributed by atoms with E-state index >= 15 is 0 Å². The number of fused-ring (bicyclic) bond motifs is 1. The predicted octanol–water partition coefficient (Wildman–Crippen LogP) is 0.359. The van der Waals surface area contributed by atoms with Gasteiger partial charge in [-0.25, -0.2) is 0 Å². The van der Waals surface area contributed by atoms with Gasteiger partial charge in [0, 0.05) is 13.1 Å². The van der Waals surface area contributed by atoms with Crippen LogP contribution in [0.1, 0.15) is 17.0 Å². The zero-order valence-corrected chi connectivity index (χ0v) is 7.29. The van der Waals surface area contributed by atoms with Crippen LogP contribution in [0.5, 0.6) is 0 Å². The molecule has 0 spiro atoms. The van der Waals surface area contributed by atoms with Gasteiger partial charge in [-0.2, -0.15) is 0 Å². The van der Waals surface area contributed by atoms with E-state index in [2.05, 4.69) is 5.32 Å². The number of hydrogen-bond donors (Lipinski definition) is 2. The fraction of sp³-hybridized carbons (Fsp3) is 0.300. The summed E-state index contributed by atoms with van der Waals surface area (Å²) in [6, 6.07) is 7.92. The highest BCUT2D eigenvalue weighted by Gasteiger charge is 2.23. The number of benzene rings is 1. The molecule has 3 N–H and O–H groups in total. The number of carbonyl (C=O) groups is 1. The molecule has 0 saturated carbocycles. The van der Waals surface area contributed by atoms with Crippen molar-refractivity contribution in [1.29, 1.82) is 0 Å². The van der Waals surface area contributed by atoms with Crippen molar-refractivity contribution in [2.75, 3.05) is 6.54 Å². The average molecular weight is 176 g/mol. The largest absolute Gasteiger partial charge is 0.369 e. The zero-order valence-electron chi connectivity index (χ0n) is 7.29. The molecule has 0 radical (unpaired) electrons. The number of hydrogen-bond acceptors (Lipinski definition) is 2. The maximum Gasteiger partial charge on any atom is 0.226 e. The van der Waals surface area contributed by atoms with E-state index in [9.17, 15) is 4.79 Å². The highest BCUT2D eigenvalue weighted by atomic mass is 16.1. The van der Waals surface area contributed by atoms with Gasteiger partial charge >= 0.3 is 0 Å². The van der Waals surface area contributed by atoms with E-state index in [0.29, 0.717) is 6.54 Å². The molecule has 0 fully saturated rings. The van der Waals surface area contributed by atoms with Crippen molar-refractivity contribution in [2.24, 2.45) is 5.73 Å². The maximum absolute atomic E-state index is 11.1. The van der Waals surface area contributed by atoms with Gasteiger partial charge in [0.05, 0.1) is 5.92 Å². The van der Waals surface area contributed by atoms with Crippen LogP contribution >= 0.6 is 0 Å². The first-order chi connectivity index (χ1) is 6.29. The van der Waals surface area contributed by atoms with Crippen molar-refractivity contribution in [3.8, 4) is 0 Å². The summed E-state index contributed by atoms with van der Waals surface area (Å²) in [7, 11) is 0. The van der Waals surface area contributed by atoms with Crippen LogP contribution in [0.4, 0.5) is 0 Å². The lowest BCUT2D eigenvalue weighted by molar-refractivity contribution is -0.119. The molecule has 1 aliphatic heterocycles. The van der Waals surface area contributed by atoms with Crippen LogP contribution in [-0.2, 0) is 11.3 Å². The Morgan fingerprint density at radius 2 is 2.23 bits per heavy atom. The summed E-state index contributed by atoms with van der Waals surface area (Å²) < 4.78 is 0. The van der Waals surface area contributed by atoms with E-state index in [1.807, 2.05) is 24.3 Å². The molecule has 0 saturated heterocycles. The minimum absolute atomic E-state index is 0.162. The second kappa shape index (κ2) is 3.18. The fourth-order valence-electron chi connectivity index (χ4n) is 1.75. The van der Waals surface area contributed by atoms with Gasteiger partial charge in [0.25, 0.3) is 0 Å². The van der Waals surface area contributed by atoms with Crippen LogP contribution in [0.3, 0.4) is 0 Å². The number of primary amides is 1. The molecule has 1 heterocycles. The van der Waals surface area contributed by atoms with Crippen molar-refractivity contribution in [3.63, 3.8) is 0 Å². The Hall–Kier alpha value is -1.35. The van der Waals surface area contributed by atoms with Gasteiger partial charge in [0.15, 0.2) is 0 Å². The van der Waals surface area contributed by atoms with Crippen LogP contribution in [-0.4, -0.2) is 12.5 Å². The zero-order chi connectivity index (χ0) is 9.26. The molecule has 0 bridgehead atoms. The minimum atomic E-state index is -0.250. The Bertz CT molecular complexity index is 335. The molecule has 0 aliphatic carbocycles. The Labute approximate surface area is 76.9 Å². The summed E-state index contributed by atoms with van der Waals surface area (Å²) in [5, 5.41) is 3.17. The molecule has 1 unspecified atom stereocenters. The maximum atomic E-state index is 11.1. The number of amides is 1. The van der Waals surface area contributed by atoms with E-state index in [1.165, 1.54) is 5.56 Å².